The van der Waals surface area contributed by atoms with Gasteiger partial charge in [0.25, 0.3) is 0 Å². The molecule has 1 aliphatic heterocycles. The number of anilines is 1. The lowest BCUT2D eigenvalue weighted by Crippen LogP contribution is -2.02. The van der Waals surface area contributed by atoms with Crippen LogP contribution in [0.3, 0.4) is 0 Å². The lowest BCUT2D eigenvalue weighted by Gasteiger charge is -2.07. The second-order valence-electron chi connectivity index (χ2n) is 4.24. The highest BCUT2D eigenvalue weighted by Crippen LogP contribution is 2.21. The average molecular weight is 252 g/mol. The maximum Gasteiger partial charge on any atom is 0.182 e. The third-order valence-corrected chi connectivity index (χ3v) is 2.98. The van der Waals surface area contributed by atoms with E-state index in [2.05, 4.69) is 21.4 Å². The summed E-state index contributed by atoms with van der Waals surface area (Å²) in [7, 11) is 0. The van der Waals surface area contributed by atoms with Gasteiger partial charge in [0.1, 0.15) is 18.5 Å². The van der Waals surface area contributed by atoms with Crippen molar-refractivity contribution in [1.82, 2.24) is 9.97 Å². The van der Waals surface area contributed by atoms with Gasteiger partial charge in [-0.3, -0.25) is 0 Å². The zero-order chi connectivity index (χ0) is 13.1. The van der Waals surface area contributed by atoms with E-state index in [1.165, 1.54) is 5.56 Å². The van der Waals surface area contributed by atoms with Crippen LogP contribution in [-0.2, 0) is 13.0 Å². The molecule has 5 heteroatoms. The van der Waals surface area contributed by atoms with E-state index in [0.717, 1.165) is 24.5 Å². The minimum absolute atomic E-state index is 0.293. The van der Waals surface area contributed by atoms with Gasteiger partial charge in [0.05, 0.1) is 5.69 Å². The number of hydrogen-bond donors (Lipinski definition) is 1. The summed E-state index contributed by atoms with van der Waals surface area (Å²) in [5.41, 5.74) is 2.37. The summed E-state index contributed by atoms with van der Waals surface area (Å²) < 4.78 is 5.60. The van der Waals surface area contributed by atoms with Crippen molar-refractivity contribution in [2.45, 2.75) is 13.0 Å². The van der Waals surface area contributed by atoms with Gasteiger partial charge in [0, 0.05) is 12.7 Å². The Labute approximate surface area is 110 Å². The van der Waals surface area contributed by atoms with E-state index >= 15 is 0 Å². The van der Waals surface area contributed by atoms with Gasteiger partial charge < -0.3 is 10.1 Å². The highest BCUT2D eigenvalue weighted by molar-refractivity contribution is 5.49. The first-order valence-corrected chi connectivity index (χ1v) is 6.07. The van der Waals surface area contributed by atoms with Crippen LogP contribution in [0, 0.1) is 11.3 Å². The second kappa shape index (κ2) is 4.94. The van der Waals surface area contributed by atoms with Crippen LogP contribution >= 0.6 is 0 Å². The van der Waals surface area contributed by atoms with E-state index in [1.54, 1.807) is 18.3 Å². The average Bonchev–Trinajstić information content (AvgIpc) is 2.93. The molecule has 1 aliphatic rings. The van der Waals surface area contributed by atoms with Crippen molar-refractivity contribution in [3.8, 4) is 11.8 Å². The number of pyridine rings is 2. The molecule has 0 unspecified atom stereocenters. The minimum Gasteiger partial charge on any atom is -0.484 e. The van der Waals surface area contributed by atoms with Crippen LogP contribution in [0.5, 0.6) is 5.75 Å². The van der Waals surface area contributed by atoms with Gasteiger partial charge in [-0.2, -0.15) is 5.26 Å². The molecule has 2 aromatic heterocycles. The van der Waals surface area contributed by atoms with E-state index in [9.17, 15) is 0 Å². The zero-order valence-corrected chi connectivity index (χ0v) is 10.3. The van der Waals surface area contributed by atoms with Crippen molar-refractivity contribution in [2.75, 3.05) is 11.9 Å². The quantitative estimate of drug-likeness (QED) is 0.903. The molecule has 2 aromatic rings. The molecule has 0 saturated carbocycles. The van der Waals surface area contributed by atoms with Crippen LogP contribution in [0.15, 0.2) is 30.5 Å². The fraction of sp³-hybridized carbons (Fsp3) is 0.214. The minimum atomic E-state index is 0.293. The highest BCUT2D eigenvalue weighted by atomic mass is 16.5. The molecule has 0 aliphatic carbocycles. The monoisotopic (exact) mass is 252 g/mol. The number of fused-ring (bicyclic) bond motifs is 1. The zero-order valence-electron chi connectivity index (χ0n) is 10.3. The van der Waals surface area contributed by atoms with Crippen LogP contribution in [0.4, 0.5) is 5.82 Å². The van der Waals surface area contributed by atoms with Gasteiger partial charge in [-0.25, -0.2) is 9.97 Å². The SMILES string of the molecule is N#Cc1ncccc1OCc1ccc2c(n1)NCC2. The van der Waals surface area contributed by atoms with Gasteiger partial charge in [-0.1, -0.05) is 6.07 Å². The summed E-state index contributed by atoms with van der Waals surface area (Å²) >= 11 is 0. The molecule has 0 saturated heterocycles. The number of ether oxygens (including phenoxy) is 1. The molecule has 0 radical (unpaired) electrons. The molecule has 94 valence electrons. The molecular formula is C14H12N4O. The first-order chi connectivity index (χ1) is 9.36. The van der Waals surface area contributed by atoms with Crippen LogP contribution in [0.25, 0.3) is 0 Å². The highest BCUT2D eigenvalue weighted by Gasteiger charge is 2.12. The van der Waals surface area contributed by atoms with Crippen LogP contribution < -0.4 is 10.1 Å². The van der Waals surface area contributed by atoms with E-state index < -0.39 is 0 Å². The summed E-state index contributed by atoms with van der Waals surface area (Å²) in [5, 5.41) is 12.2. The number of nitrogens with one attached hydrogen (secondary N) is 1. The molecule has 0 amide bonds. The van der Waals surface area contributed by atoms with Crippen molar-refractivity contribution in [1.29, 1.82) is 5.26 Å². The van der Waals surface area contributed by atoms with Crippen LogP contribution in [0.1, 0.15) is 17.0 Å². The summed E-state index contributed by atoms with van der Waals surface area (Å²) in [5.74, 6) is 1.42. The Hall–Kier alpha value is -2.61. The Morgan fingerprint density at radius 2 is 2.32 bits per heavy atom. The van der Waals surface area contributed by atoms with Gasteiger partial charge in [-0.15, -0.1) is 0 Å². The predicted octanol–water partition coefficient (Wildman–Crippen LogP) is 1.90. The van der Waals surface area contributed by atoms with Crippen molar-refractivity contribution in [3.05, 3.63) is 47.4 Å². The predicted molar refractivity (Wildman–Crippen MR) is 69.7 cm³/mol. The van der Waals surface area contributed by atoms with Crippen LogP contribution in [0.2, 0.25) is 0 Å². The molecule has 1 N–H and O–H groups in total. The van der Waals surface area contributed by atoms with E-state index in [-0.39, 0.29) is 0 Å². The lowest BCUT2D eigenvalue weighted by atomic mass is 10.2. The van der Waals surface area contributed by atoms with E-state index in [0.29, 0.717) is 18.1 Å². The number of rotatable bonds is 3. The third kappa shape index (κ3) is 2.33. The maximum atomic E-state index is 8.92. The molecule has 0 fully saturated rings. The molecule has 19 heavy (non-hydrogen) atoms. The summed E-state index contributed by atoms with van der Waals surface area (Å²) in [6.45, 7) is 1.27. The van der Waals surface area contributed by atoms with E-state index in [4.69, 9.17) is 10.00 Å². The number of nitrogens with zero attached hydrogens (tertiary/aromatic N) is 3. The van der Waals surface area contributed by atoms with Crippen molar-refractivity contribution >= 4 is 5.82 Å². The third-order valence-electron chi connectivity index (χ3n) is 2.98. The lowest BCUT2D eigenvalue weighted by molar-refractivity contribution is 0.299. The summed E-state index contributed by atoms with van der Waals surface area (Å²) in [4.78, 5) is 8.43. The Morgan fingerprint density at radius 1 is 1.37 bits per heavy atom. The van der Waals surface area contributed by atoms with Crippen molar-refractivity contribution in [3.63, 3.8) is 0 Å². The molecule has 0 bridgehead atoms. The molecule has 0 spiro atoms. The Balaban J connectivity index is 1.74. The summed E-state index contributed by atoms with van der Waals surface area (Å²) in [6.07, 6.45) is 2.59. The first-order valence-electron chi connectivity index (χ1n) is 6.07. The first kappa shape index (κ1) is 11.5. The van der Waals surface area contributed by atoms with Crippen LogP contribution in [-0.4, -0.2) is 16.5 Å². The van der Waals surface area contributed by atoms with Gasteiger partial charge in [0.2, 0.25) is 0 Å². The molecule has 3 heterocycles. The number of hydrogen-bond acceptors (Lipinski definition) is 5. The van der Waals surface area contributed by atoms with Crippen molar-refractivity contribution in [2.24, 2.45) is 0 Å². The molecule has 0 aromatic carbocycles. The topological polar surface area (TPSA) is 70.8 Å². The van der Waals surface area contributed by atoms with Gasteiger partial charge >= 0.3 is 0 Å². The standard InChI is InChI=1S/C14H12N4O/c15-8-12-13(2-1-6-16-12)19-9-11-4-3-10-5-7-17-14(10)18-11/h1-4,6H,5,7,9H2,(H,17,18). The maximum absolute atomic E-state index is 8.92. The molecule has 5 nitrogen and oxygen atoms in total. The fourth-order valence-corrected chi connectivity index (χ4v) is 2.02. The Kier molecular flexibility index (Phi) is 2.99. The molecule has 0 atom stereocenters. The Bertz CT molecular complexity index is 648. The Morgan fingerprint density at radius 3 is 3.21 bits per heavy atom. The van der Waals surface area contributed by atoms with E-state index in [1.807, 2.05) is 12.1 Å². The van der Waals surface area contributed by atoms with Gasteiger partial charge in [-0.05, 0) is 30.2 Å². The number of nitriles is 1. The van der Waals surface area contributed by atoms with Crippen molar-refractivity contribution < 1.29 is 4.74 Å². The summed E-state index contributed by atoms with van der Waals surface area (Å²) in [6, 6.07) is 9.50. The fourth-order valence-electron chi connectivity index (χ4n) is 2.02. The van der Waals surface area contributed by atoms with Gasteiger partial charge in [0.15, 0.2) is 11.4 Å². The molecular weight excluding hydrogens is 240 g/mol. The normalized spacial score (nSPS) is 12.4. The largest absolute Gasteiger partial charge is 0.484 e. The second-order valence-corrected chi connectivity index (χ2v) is 4.24. The number of aromatic nitrogens is 2. The smallest absolute Gasteiger partial charge is 0.182 e. The molecule has 3 rings (SSSR count).